The first kappa shape index (κ1) is 18.4. The number of halogens is 2. The molecule has 1 aliphatic heterocycles. The molecular weight excluding hydrogens is 368 g/mol. The minimum Gasteiger partial charge on any atom is -0.345 e. The van der Waals surface area contributed by atoms with Crippen LogP contribution in [0.5, 0.6) is 0 Å². The van der Waals surface area contributed by atoms with E-state index in [4.69, 9.17) is 0 Å². The molecule has 0 aliphatic carbocycles. The molecule has 1 N–H and O–H groups in total. The molecule has 0 unspecified atom stereocenters. The van der Waals surface area contributed by atoms with Crippen LogP contribution in [-0.4, -0.2) is 46.2 Å². The average Bonchev–Trinajstić information content (AvgIpc) is 2.81. The molecule has 0 spiro atoms. The van der Waals surface area contributed by atoms with E-state index >= 15 is 0 Å². The Morgan fingerprint density at radius 1 is 1.31 bits per heavy atom. The maximum atomic E-state index is 13.6. The second kappa shape index (κ2) is 7.08. The average molecular weight is 385 g/mol. The Kier molecular flexibility index (Phi) is 5.01. The van der Waals surface area contributed by atoms with Gasteiger partial charge < -0.3 is 5.32 Å². The van der Waals surface area contributed by atoms with Crippen molar-refractivity contribution in [1.82, 2.24) is 24.4 Å². The van der Waals surface area contributed by atoms with Crippen LogP contribution in [0.4, 0.5) is 8.78 Å². The van der Waals surface area contributed by atoms with Gasteiger partial charge in [-0.2, -0.15) is 9.40 Å². The number of hydrogen-bond donors (Lipinski definition) is 1. The second-order valence-electron chi connectivity index (χ2n) is 5.97. The van der Waals surface area contributed by atoms with Gasteiger partial charge in [-0.25, -0.2) is 22.2 Å². The fourth-order valence-corrected chi connectivity index (χ4v) is 3.53. The topological polar surface area (TPSA) is 97.2 Å². The van der Waals surface area contributed by atoms with E-state index in [0.717, 1.165) is 12.5 Å². The standard InChI is InChI=1S/C15H17F2N5O3S/c1-26(24,25)21-3-2-4-22-12(9-21)6-11(20-22)8-19-15(23)14-13(17)5-10(16)7-18-14/h5-7H,2-4,8-9H2,1H3,(H,19,23). The highest BCUT2D eigenvalue weighted by Gasteiger charge is 2.23. The number of aromatic nitrogens is 3. The van der Waals surface area contributed by atoms with E-state index in [2.05, 4.69) is 15.4 Å². The SMILES string of the molecule is CS(=O)(=O)N1CCCn2nc(CNC(=O)c3ncc(F)cc3F)cc2C1. The van der Waals surface area contributed by atoms with Gasteiger partial charge in [-0.1, -0.05) is 0 Å². The van der Waals surface area contributed by atoms with Gasteiger partial charge in [0, 0.05) is 19.2 Å². The van der Waals surface area contributed by atoms with Crippen molar-refractivity contribution in [2.45, 2.75) is 26.1 Å². The van der Waals surface area contributed by atoms with Crippen LogP contribution in [-0.2, 0) is 29.7 Å². The van der Waals surface area contributed by atoms with Gasteiger partial charge in [0.25, 0.3) is 5.91 Å². The molecule has 0 atom stereocenters. The fourth-order valence-electron chi connectivity index (χ4n) is 2.70. The van der Waals surface area contributed by atoms with Gasteiger partial charge in [-0.05, 0) is 12.5 Å². The summed E-state index contributed by atoms with van der Waals surface area (Å²) in [5.74, 6) is -2.71. The van der Waals surface area contributed by atoms with Gasteiger partial charge in [0.2, 0.25) is 10.0 Å². The molecule has 1 aliphatic rings. The summed E-state index contributed by atoms with van der Waals surface area (Å²) < 4.78 is 53.0. The lowest BCUT2D eigenvalue weighted by Gasteiger charge is -2.16. The molecule has 0 saturated carbocycles. The zero-order chi connectivity index (χ0) is 18.9. The molecule has 3 heterocycles. The van der Waals surface area contributed by atoms with Gasteiger partial charge in [0.15, 0.2) is 11.5 Å². The first-order valence-corrected chi connectivity index (χ1v) is 9.69. The highest BCUT2D eigenvalue weighted by molar-refractivity contribution is 7.88. The van der Waals surface area contributed by atoms with E-state index in [9.17, 15) is 22.0 Å². The molecule has 0 bridgehead atoms. The molecule has 0 radical (unpaired) electrons. The predicted octanol–water partition coefficient (Wildman–Crippen LogP) is 0.652. The van der Waals surface area contributed by atoms with Crippen molar-refractivity contribution in [3.8, 4) is 0 Å². The maximum Gasteiger partial charge on any atom is 0.273 e. The molecule has 0 aromatic carbocycles. The van der Waals surface area contributed by atoms with Gasteiger partial charge in [0.05, 0.1) is 36.9 Å². The number of nitrogens with one attached hydrogen (secondary N) is 1. The quantitative estimate of drug-likeness (QED) is 0.834. The summed E-state index contributed by atoms with van der Waals surface area (Å²) in [6.07, 6.45) is 2.54. The summed E-state index contributed by atoms with van der Waals surface area (Å²) in [6, 6.07) is 2.28. The summed E-state index contributed by atoms with van der Waals surface area (Å²) in [5.41, 5.74) is 0.713. The first-order valence-electron chi connectivity index (χ1n) is 7.84. The molecule has 1 amide bonds. The molecule has 3 rings (SSSR count). The summed E-state index contributed by atoms with van der Waals surface area (Å²) in [5, 5.41) is 6.81. The van der Waals surface area contributed by atoms with Crippen LogP contribution < -0.4 is 5.32 Å². The normalized spacial score (nSPS) is 15.3. The predicted molar refractivity (Wildman–Crippen MR) is 87.4 cm³/mol. The molecular formula is C15H17F2N5O3S. The van der Waals surface area contributed by atoms with Crippen LogP contribution in [0.15, 0.2) is 18.3 Å². The van der Waals surface area contributed by atoms with Crippen LogP contribution in [0.1, 0.15) is 28.3 Å². The zero-order valence-electron chi connectivity index (χ0n) is 13.9. The van der Waals surface area contributed by atoms with E-state index in [1.807, 2.05) is 0 Å². The smallest absolute Gasteiger partial charge is 0.273 e. The van der Waals surface area contributed by atoms with E-state index in [-0.39, 0.29) is 13.1 Å². The van der Waals surface area contributed by atoms with Gasteiger partial charge in [-0.3, -0.25) is 9.48 Å². The summed E-state index contributed by atoms with van der Waals surface area (Å²) >= 11 is 0. The van der Waals surface area contributed by atoms with Gasteiger partial charge in [-0.15, -0.1) is 0 Å². The summed E-state index contributed by atoms with van der Waals surface area (Å²) in [4.78, 5) is 15.4. The molecule has 26 heavy (non-hydrogen) atoms. The first-order chi connectivity index (χ1) is 12.2. The van der Waals surface area contributed by atoms with E-state index in [1.54, 1.807) is 10.7 Å². The van der Waals surface area contributed by atoms with E-state index in [0.29, 0.717) is 37.0 Å². The summed E-state index contributed by atoms with van der Waals surface area (Å²) in [7, 11) is -3.31. The van der Waals surface area contributed by atoms with Crippen molar-refractivity contribution in [3.63, 3.8) is 0 Å². The number of rotatable bonds is 4. The third-order valence-electron chi connectivity index (χ3n) is 3.95. The van der Waals surface area contributed by atoms with Crippen molar-refractivity contribution in [1.29, 1.82) is 0 Å². The lowest BCUT2D eigenvalue weighted by molar-refractivity contribution is 0.0940. The minimum absolute atomic E-state index is 0.0101. The number of nitrogens with zero attached hydrogens (tertiary/aromatic N) is 4. The van der Waals surface area contributed by atoms with Crippen molar-refractivity contribution in [2.24, 2.45) is 0 Å². The van der Waals surface area contributed by atoms with Crippen LogP contribution in [0.3, 0.4) is 0 Å². The highest BCUT2D eigenvalue weighted by atomic mass is 32.2. The van der Waals surface area contributed by atoms with E-state index in [1.165, 1.54) is 4.31 Å². The number of aryl methyl sites for hydroxylation is 1. The molecule has 140 valence electrons. The minimum atomic E-state index is -3.31. The zero-order valence-corrected chi connectivity index (χ0v) is 14.8. The lowest BCUT2D eigenvalue weighted by Crippen LogP contribution is -2.29. The Balaban J connectivity index is 1.69. The number of fused-ring (bicyclic) bond motifs is 1. The number of amides is 1. The number of pyridine rings is 1. The van der Waals surface area contributed by atoms with Crippen LogP contribution in [0, 0.1) is 11.6 Å². The Morgan fingerprint density at radius 2 is 2.08 bits per heavy atom. The summed E-state index contributed by atoms with van der Waals surface area (Å²) in [6.45, 7) is 1.19. The lowest BCUT2D eigenvalue weighted by atomic mass is 10.3. The van der Waals surface area contributed by atoms with Gasteiger partial charge >= 0.3 is 0 Å². The number of sulfonamides is 1. The van der Waals surface area contributed by atoms with Gasteiger partial charge in [0.1, 0.15) is 5.82 Å². The molecule has 0 fully saturated rings. The van der Waals surface area contributed by atoms with Crippen LogP contribution >= 0.6 is 0 Å². The van der Waals surface area contributed by atoms with Crippen molar-refractivity contribution in [3.05, 3.63) is 47.0 Å². The molecule has 11 heteroatoms. The number of carbonyl (C=O) groups excluding carboxylic acids is 1. The largest absolute Gasteiger partial charge is 0.345 e. The molecule has 8 nitrogen and oxygen atoms in total. The Morgan fingerprint density at radius 3 is 2.77 bits per heavy atom. The fraction of sp³-hybridized carbons (Fsp3) is 0.400. The molecule has 2 aromatic rings. The maximum absolute atomic E-state index is 13.6. The van der Waals surface area contributed by atoms with Crippen LogP contribution in [0.25, 0.3) is 0 Å². The third kappa shape index (κ3) is 4.05. The van der Waals surface area contributed by atoms with Crippen LogP contribution in [0.2, 0.25) is 0 Å². The monoisotopic (exact) mass is 385 g/mol. The Bertz CT molecular complexity index is 945. The van der Waals surface area contributed by atoms with E-state index < -0.39 is 33.3 Å². The highest BCUT2D eigenvalue weighted by Crippen LogP contribution is 2.16. The Labute approximate surface area is 148 Å². The molecule has 2 aromatic heterocycles. The number of carbonyl (C=O) groups is 1. The molecule has 0 saturated heterocycles. The second-order valence-corrected chi connectivity index (χ2v) is 7.95. The Hall–Kier alpha value is -2.40. The van der Waals surface area contributed by atoms with Crippen molar-refractivity contribution < 1.29 is 22.0 Å². The third-order valence-corrected chi connectivity index (χ3v) is 5.20. The number of hydrogen-bond acceptors (Lipinski definition) is 5. The van der Waals surface area contributed by atoms with Crippen molar-refractivity contribution >= 4 is 15.9 Å². The van der Waals surface area contributed by atoms with Crippen molar-refractivity contribution in [2.75, 3.05) is 12.8 Å².